The SMILES string of the molecule is C[C@@H]1CN([C@H](C)CO)C(=O)c2cc(NC(=O)NC3CCCCC3)ccc2O[C@@H](C)CCCCO[C@H]1CN(C)S(=O)(=O)c1cccs1. The molecule has 0 spiro atoms. The molecule has 46 heavy (non-hydrogen) atoms. The van der Waals surface area contributed by atoms with Crippen LogP contribution < -0.4 is 15.4 Å². The zero-order chi connectivity index (χ0) is 33.3. The normalized spacial score (nSPS) is 23.2. The fraction of sp³-hybridized carbons (Fsp3) is 0.636. The third kappa shape index (κ3) is 9.66. The Morgan fingerprint density at radius 1 is 1.13 bits per heavy atom. The fourth-order valence-corrected chi connectivity index (χ4v) is 8.36. The Balaban J connectivity index is 1.60. The second kappa shape index (κ2) is 16.9. The maximum Gasteiger partial charge on any atom is 0.319 e. The van der Waals surface area contributed by atoms with Gasteiger partial charge in [0.2, 0.25) is 0 Å². The van der Waals surface area contributed by atoms with E-state index in [-0.39, 0.29) is 59.5 Å². The molecule has 0 bridgehead atoms. The van der Waals surface area contributed by atoms with Gasteiger partial charge >= 0.3 is 6.03 Å². The average Bonchev–Trinajstić information content (AvgIpc) is 3.59. The van der Waals surface area contributed by atoms with Crippen LogP contribution in [-0.4, -0.2) is 92.3 Å². The Kier molecular flexibility index (Phi) is 13.3. The molecule has 3 amide bonds. The summed E-state index contributed by atoms with van der Waals surface area (Å²) in [7, 11) is -2.16. The van der Waals surface area contributed by atoms with E-state index in [0.717, 1.165) is 44.9 Å². The Morgan fingerprint density at radius 3 is 2.57 bits per heavy atom. The van der Waals surface area contributed by atoms with E-state index in [1.54, 1.807) is 54.6 Å². The number of carbonyl (C=O) groups excluding carboxylic acids is 2. The van der Waals surface area contributed by atoms with Crippen LogP contribution in [-0.2, 0) is 14.8 Å². The number of carbonyl (C=O) groups is 2. The molecule has 1 aromatic carbocycles. The van der Waals surface area contributed by atoms with E-state index < -0.39 is 22.2 Å². The van der Waals surface area contributed by atoms with E-state index in [4.69, 9.17) is 9.47 Å². The molecule has 1 fully saturated rings. The Hall–Kier alpha value is -2.71. The summed E-state index contributed by atoms with van der Waals surface area (Å²) in [6.07, 6.45) is 6.90. The summed E-state index contributed by atoms with van der Waals surface area (Å²) in [5.74, 6) is -0.236. The van der Waals surface area contributed by atoms with Crippen molar-refractivity contribution in [2.45, 2.75) is 101 Å². The molecule has 0 unspecified atom stereocenters. The number of anilines is 1. The van der Waals surface area contributed by atoms with E-state index in [1.807, 2.05) is 13.8 Å². The molecule has 1 saturated carbocycles. The van der Waals surface area contributed by atoms with Crippen molar-refractivity contribution in [2.75, 3.05) is 38.7 Å². The van der Waals surface area contributed by atoms with Crippen LogP contribution in [0.15, 0.2) is 39.9 Å². The van der Waals surface area contributed by atoms with Crippen LogP contribution in [0.25, 0.3) is 0 Å². The monoisotopic (exact) mass is 678 g/mol. The second-order valence-electron chi connectivity index (χ2n) is 12.7. The summed E-state index contributed by atoms with van der Waals surface area (Å²) >= 11 is 1.17. The smallest absolute Gasteiger partial charge is 0.319 e. The molecule has 1 aliphatic carbocycles. The molecule has 4 rings (SSSR count). The van der Waals surface area contributed by atoms with Crippen molar-refractivity contribution in [3.05, 3.63) is 41.3 Å². The first-order valence-corrected chi connectivity index (χ1v) is 18.7. The topological polar surface area (TPSA) is 138 Å². The summed E-state index contributed by atoms with van der Waals surface area (Å²) in [5.41, 5.74) is 0.741. The number of urea groups is 1. The number of thiophene rings is 1. The van der Waals surface area contributed by atoms with Gasteiger partial charge in [0.25, 0.3) is 15.9 Å². The van der Waals surface area contributed by atoms with Gasteiger partial charge in [-0.2, -0.15) is 4.31 Å². The lowest BCUT2D eigenvalue weighted by Crippen LogP contribution is -2.48. The minimum absolute atomic E-state index is 0.108. The minimum Gasteiger partial charge on any atom is -0.490 e. The van der Waals surface area contributed by atoms with Crippen molar-refractivity contribution in [1.29, 1.82) is 0 Å². The van der Waals surface area contributed by atoms with Gasteiger partial charge in [-0.25, -0.2) is 13.2 Å². The molecular weight excluding hydrogens is 629 g/mol. The van der Waals surface area contributed by atoms with Crippen LogP contribution >= 0.6 is 11.3 Å². The lowest BCUT2D eigenvalue weighted by atomic mass is 9.96. The van der Waals surface area contributed by atoms with Crippen molar-refractivity contribution in [3.63, 3.8) is 0 Å². The molecule has 1 aromatic heterocycles. The first-order valence-electron chi connectivity index (χ1n) is 16.4. The van der Waals surface area contributed by atoms with E-state index in [2.05, 4.69) is 10.6 Å². The number of hydrogen-bond donors (Lipinski definition) is 3. The molecule has 2 aliphatic rings. The molecule has 3 N–H and O–H groups in total. The zero-order valence-corrected chi connectivity index (χ0v) is 29.1. The van der Waals surface area contributed by atoms with Crippen molar-refractivity contribution >= 4 is 39.0 Å². The maximum atomic E-state index is 14.3. The highest BCUT2D eigenvalue weighted by Gasteiger charge is 2.32. The summed E-state index contributed by atoms with van der Waals surface area (Å²) in [5, 5.41) is 17.9. The number of amides is 3. The van der Waals surface area contributed by atoms with Gasteiger partial charge in [-0.1, -0.05) is 32.3 Å². The molecule has 256 valence electrons. The lowest BCUT2D eigenvalue weighted by molar-refractivity contribution is -0.00832. The van der Waals surface area contributed by atoms with Gasteiger partial charge in [0.15, 0.2) is 0 Å². The van der Waals surface area contributed by atoms with E-state index in [9.17, 15) is 23.1 Å². The molecule has 11 nitrogen and oxygen atoms in total. The summed E-state index contributed by atoms with van der Waals surface area (Å²) in [6.45, 7) is 6.12. The molecule has 1 aliphatic heterocycles. The van der Waals surface area contributed by atoms with Gasteiger partial charge in [0.1, 0.15) is 9.96 Å². The molecular formula is C33H50N4O7S2. The number of nitrogens with one attached hydrogen (secondary N) is 2. The van der Waals surface area contributed by atoms with Crippen LogP contribution in [0.5, 0.6) is 5.75 Å². The third-order valence-electron chi connectivity index (χ3n) is 8.85. The molecule has 0 radical (unpaired) electrons. The standard InChI is InChI=1S/C33H50N4O7S2/c1-23-20-37(24(2)22-38)32(39)28-19-27(35-33(40)34-26-12-6-5-7-13-26)15-16-29(28)44-25(3)11-8-9-17-43-30(23)21-36(4)46(41,42)31-14-10-18-45-31/h10,14-16,18-19,23-26,30,38H,5-9,11-13,17,20-22H2,1-4H3,(H2,34,35,40)/t23-,24-,25+,30+/m1/s1. The van der Waals surface area contributed by atoms with E-state index >= 15 is 0 Å². The van der Waals surface area contributed by atoms with Crippen LogP contribution in [0.4, 0.5) is 10.5 Å². The van der Waals surface area contributed by atoms with Crippen LogP contribution in [0.3, 0.4) is 0 Å². The number of rotatable bonds is 8. The number of hydrogen-bond acceptors (Lipinski definition) is 8. The minimum atomic E-state index is -3.70. The molecule has 13 heteroatoms. The van der Waals surface area contributed by atoms with Gasteiger partial charge in [-0.3, -0.25) is 4.79 Å². The number of ether oxygens (including phenoxy) is 2. The van der Waals surface area contributed by atoms with Crippen molar-refractivity contribution in [2.24, 2.45) is 5.92 Å². The number of aliphatic hydroxyl groups excluding tert-OH is 1. The highest BCUT2D eigenvalue weighted by molar-refractivity contribution is 7.91. The molecule has 0 saturated heterocycles. The first kappa shape index (κ1) is 36.1. The number of benzene rings is 1. The van der Waals surface area contributed by atoms with Crippen molar-refractivity contribution < 1.29 is 32.6 Å². The number of nitrogens with zero attached hydrogens (tertiary/aromatic N) is 2. The Labute approximate surface area is 277 Å². The molecule has 2 heterocycles. The highest BCUT2D eigenvalue weighted by atomic mass is 32.2. The largest absolute Gasteiger partial charge is 0.490 e. The van der Waals surface area contributed by atoms with E-state index in [0.29, 0.717) is 18.0 Å². The lowest BCUT2D eigenvalue weighted by Gasteiger charge is -2.35. The van der Waals surface area contributed by atoms with Crippen LogP contribution in [0.2, 0.25) is 0 Å². The Morgan fingerprint density at radius 2 is 1.87 bits per heavy atom. The zero-order valence-electron chi connectivity index (χ0n) is 27.4. The number of fused-ring (bicyclic) bond motifs is 1. The predicted molar refractivity (Wildman–Crippen MR) is 180 cm³/mol. The third-order valence-corrected chi connectivity index (χ3v) is 12.0. The predicted octanol–water partition coefficient (Wildman–Crippen LogP) is 5.32. The number of aliphatic hydroxyl groups is 1. The van der Waals surface area contributed by atoms with Crippen LogP contribution in [0, 0.1) is 5.92 Å². The van der Waals surface area contributed by atoms with Crippen molar-refractivity contribution in [1.82, 2.24) is 14.5 Å². The summed E-state index contributed by atoms with van der Waals surface area (Å²) < 4.78 is 40.6. The van der Waals surface area contributed by atoms with Gasteiger partial charge in [0.05, 0.1) is 30.4 Å². The Bertz CT molecular complexity index is 1380. The number of sulfonamides is 1. The quantitative estimate of drug-likeness (QED) is 0.344. The van der Waals surface area contributed by atoms with Gasteiger partial charge < -0.3 is 30.1 Å². The van der Waals surface area contributed by atoms with Crippen LogP contribution in [0.1, 0.15) is 82.5 Å². The van der Waals surface area contributed by atoms with Gasteiger partial charge in [-0.15, -0.1) is 11.3 Å². The van der Waals surface area contributed by atoms with Gasteiger partial charge in [-0.05, 0) is 75.6 Å². The average molecular weight is 679 g/mol. The van der Waals surface area contributed by atoms with Gasteiger partial charge in [0, 0.05) is 44.4 Å². The highest BCUT2D eigenvalue weighted by Crippen LogP contribution is 2.29. The molecule has 2 aromatic rings. The van der Waals surface area contributed by atoms with E-state index in [1.165, 1.54) is 22.1 Å². The second-order valence-corrected chi connectivity index (χ2v) is 15.9. The fourth-order valence-electron chi connectivity index (χ4n) is 5.98. The first-order chi connectivity index (χ1) is 22.0. The molecule has 4 atom stereocenters. The maximum absolute atomic E-state index is 14.3. The van der Waals surface area contributed by atoms with Crippen molar-refractivity contribution in [3.8, 4) is 5.75 Å². The summed E-state index contributed by atoms with van der Waals surface area (Å²) in [4.78, 5) is 28.8. The summed E-state index contributed by atoms with van der Waals surface area (Å²) in [6, 6.07) is 7.64. The number of likely N-dealkylation sites (N-methyl/N-ethyl adjacent to an activating group) is 1.